The molecule has 1 N–H and O–H groups in total. The number of carbonyl (C=O) groups excluding carboxylic acids is 2. The molecule has 0 radical (unpaired) electrons. The second kappa shape index (κ2) is 7.71. The first kappa shape index (κ1) is 18.6. The third-order valence-electron chi connectivity index (χ3n) is 5.62. The van der Waals surface area contributed by atoms with Crippen molar-refractivity contribution in [2.24, 2.45) is 13.0 Å². The first-order valence-corrected chi connectivity index (χ1v) is 9.69. The van der Waals surface area contributed by atoms with Crippen LogP contribution < -0.4 is 5.32 Å². The van der Waals surface area contributed by atoms with E-state index in [1.807, 2.05) is 25.2 Å². The van der Waals surface area contributed by atoms with E-state index in [-0.39, 0.29) is 11.8 Å². The maximum absolute atomic E-state index is 12.9. The summed E-state index contributed by atoms with van der Waals surface area (Å²) in [5.41, 5.74) is 2.81. The van der Waals surface area contributed by atoms with Crippen LogP contribution in [-0.2, 0) is 23.1 Å². The molecule has 0 aliphatic carbocycles. The van der Waals surface area contributed by atoms with Gasteiger partial charge in [0.25, 0.3) is 5.91 Å². The molecule has 4 heterocycles. The lowest BCUT2D eigenvalue weighted by molar-refractivity contribution is -0.125. The second-order valence-corrected chi connectivity index (χ2v) is 7.45. The van der Waals surface area contributed by atoms with Gasteiger partial charge in [0.05, 0.1) is 11.4 Å². The molecule has 2 amide bonds. The lowest BCUT2D eigenvalue weighted by Gasteiger charge is -2.26. The van der Waals surface area contributed by atoms with Crippen molar-refractivity contribution >= 4 is 11.8 Å². The minimum Gasteiger partial charge on any atom is -0.381 e. The molecule has 0 aromatic carbocycles. The number of hydrogen-bond acceptors (Lipinski definition) is 5. The minimum absolute atomic E-state index is 0.125. The molecule has 0 bridgehead atoms. The molecule has 4 rings (SSSR count). The zero-order valence-electron chi connectivity index (χ0n) is 16.2. The van der Waals surface area contributed by atoms with Crippen LogP contribution in [0.25, 0.3) is 11.4 Å². The Morgan fingerprint density at radius 2 is 2.11 bits per heavy atom. The van der Waals surface area contributed by atoms with Crippen molar-refractivity contribution < 1.29 is 14.3 Å². The molecular weight excluding hydrogens is 358 g/mol. The summed E-state index contributed by atoms with van der Waals surface area (Å²) < 4.78 is 7.07. The average Bonchev–Trinajstić information content (AvgIpc) is 3.29. The van der Waals surface area contributed by atoms with Gasteiger partial charge >= 0.3 is 0 Å². The number of nitrogens with zero attached hydrogens (tertiary/aromatic N) is 4. The molecule has 28 heavy (non-hydrogen) atoms. The van der Waals surface area contributed by atoms with Crippen molar-refractivity contribution in [3.8, 4) is 11.4 Å². The second-order valence-electron chi connectivity index (χ2n) is 7.45. The standard InChI is InChI=1S/C20H25N5O3/c1-13(19(26)21-11-14-6-9-28-10-7-14)25-12-15-3-4-16(23-18(15)20(25)27)17-5-8-22-24(17)2/h3-5,8,13-14H,6-7,9-12H2,1-2H3,(H,21,26)/t13-/m1/s1. The number of nitrogens with one attached hydrogen (secondary N) is 1. The Balaban J connectivity index is 1.43. The molecule has 8 heteroatoms. The Labute approximate surface area is 163 Å². The summed E-state index contributed by atoms with van der Waals surface area (Å²) >= 11 is 0. The van der Waals surface area contributed by atoms with E-state index in [1.54, 1.807) is 22.7 Å². The summed E-state index contributed by atoms with van der Waals surface area (Å²) in [4.78, 5) is 31.6. The first-order chi connectivity index (χ1) is 13.5. The van der Waals surface area contributed by atoms with Gasteiger partial charge in [-0.15, -0.1) is 0 Å². The highest BCUT2D eigenvalue weighted by Gasteiger charge is 2.35. The lowest BCUT2D eigenvalue weighted by atomic mass is 10.0. The Hall–Kier alpha value is -2.74. The van der Waals surface area contributed by atoms with Crippen LogP contribution in [0.5, 0.6) is 0 Å². The van der Waals surface area contributed by atoms with Crippen LogP contribution in [0.4, 0.5) is 0 Å². The van der Waals surface area contributed by atoms with E-state index in [2.05, 4.69) is 15.4 Å². The van der Waals surface area contributed by atoms with Crippen LogP contribution in [0, 0.1) is 5.92 Å². The SMILES string of the molecule is C[C@H](C(=O)NCC1CCOCC1)N1Cc2ccc(-c3ccnn3C)nc2C1=O. The van der Waals surface area contributed by atoms with Gasteiger partial charge in [0.2, 0.25) is 5.91 Å². The zero-order valence-corrected chi connectivity index (χ0v) is 16.2. The van der Waals surface area contributed by atoms with Gasteiger partial charge in [0.15, 0.2) is 0 Å². The Morgan fingerprint density at radius 1 is 1.32 bits per heavy atom. The first-order valence-electron chi connectivity index (χ1n) is 9.69. The van der Waals surface area contributed by atoms with E-state index in [4.69, 9.17) is 4.74 Å². The molecule has 148 valence electrons. The summed E-state index contributed by atoms with van der Waals surface area (Å²) in [6.45, 7) is 4.30. The molecule has 1 fully saturated rings. The van der Waals surface area contributed by atoms with Gasteiger partial charge in [0, 0.05) is 45.1 Å². The molecule has 1 saturated heterocycles. The average molecular weight is 383 g/mol. The summed E-state index contributed by atoms with van der Waals surface area (Å²) in [6, 6.07) is 5.12. The fraction of sp³-hybridized carbons (Fsp3) is 0.500. The minimum atomic E-state index is -0.540. The number of carbonyl (C=O) groups is 2. The monoisotopic (exact) mass is 383 g/mol. The fourth-order valence-electron chi connectivity index (χ4n) is 3.76. The fourth-order valence-corrected chi connectivity index (χ4v) is 3.76. The number of aromatic nitrogens is 3. The summed E-state index contributed by atoms with van der Waals surface area (Å²) in [5.74, 6) is 0.117. The maximum atomic E-state index is 12.9. The highest BCUT2D eigenvalue weighted by atomic mass is 16.5. The summed E-state index contributed by atoms with van der Waals surface area (Å²) in [7, 11) is 1.84. The molecular formula is C20H25N5O3. The number of aryl methyl sites for hydroxylation is 1. The van der Waals surface area contributed by atoms with E-state index < -0.39 is 6.04 Å². The Kier molecular flexibility index (Phi) is 5.13. The highest BCUT2D eigenvalue weighted by Crippen LogP contribution is 2.26. The Bertz CT molecular complexity index is 888. The molecule has 1 atom stereocenters. The van der Waals surface area contributed by atoms with Crippen molar-refractivity contribution in [2.75, 3.05) is 19.8 Å². The third-order valence-corrected chi connectivity index (χ3v) is 5.62. The van der Waals surface area contributed by atoms with Gasteiger partial charge in [0.1, 0.15) is 11.7 Å². The predicted molar refractivity (Wildman–Crippen MR) is 102 cm³/mol. The highest BCUT2D eigenvalue weighted by molar-refractivity contribution is 5.99. The van der Waals surface area contributed by atoms with Gasteiger partial charge < -0.3 is 15.0 Å². The van der Waals surface area contributed by atoms with Crippen LogP contribution in [0.1, 0.15) is 35.8 Å². The topological polar surface area (TPSA) is 89.3 Å². The molecule has 0 unspecified atom stereocenters. The van der Waals surface area contributed by atoms with Gasteiger partial charge in [-0.05, 0) is 37.8 Å². The van der Waals surface area contributed by atoms with E-state index in [9.17, 15) is 9.59 Å². The lowest BCUT2D eigenvalue weighted by Crippen LogP contribution is -2.46. The number of fused-ring (bicyclic) bond motifs is 1. The van der Waals surface area contributed by atoms with Crippen LogP contribution >= 0.6 is 0 Å². The largest absolute Gasteiger partial charge is 0.381 e. The molecule has 0 saturated carbocycles. The van der Waals surface area contributed by atoms with Gasteiger partial charge in [-0.25, -0.2) is 4.98 Å². The third kappa shape index (κ3) is 3.52. The number of ether oxygens (including phenoxy) is 1. The maximum Gasteiger partial charge on any atom is 0.273 e. The molecule has 2 aromatic heterocycles. The van der Waals surface area contributed by atoms with Crippen LogP contribution in [-0.4, -0.2) is 57.3 Å². The van der Waals surface area contributed by atoms with Crippen LogP contribution in [0.3, 0.4) is 0 Å². The molecule has 2 aliphatic heterocycles. The van der Waals surface area contributed by atoms with Crippen molar-refractivity contribution in [3.63, 3.8) is 0 Å². The zero-order chi connectivity index (χ0) is 19.7. The van der Waals surface area contributed by atoms with Crippen LogP contribution in [0.2, 0.25) is 0 Å². The van der Waals surface area contributed by atoms with Gasteiger partial charge in [-0.1, -0.05) is 6.07 Å². The normalized spacial score (nSPS) is 18.2. The molecule has 0 spiro atoms. The van der Waals surface area contributed by atoms with Crippen molar-refractivity contribution in [1.82, 2.24) is 25.0 Å². The van der Waals surface area contributed by atoms with Crippen molar-refractivity contribution in [2.45, 2.75) is 32.4 Å². The van der Waals surface area contributed by atoms with E-state index >= 15 is 0 Å². The van der Waals surface area contributed by atoms with Gasteiger partial charge in [-0.3, -0.25) is 14.3 Å². The quantitative estimate of drug-likeness (QED) is 0.842. The number of rotatable bonds is 5. The Morgan fingerprint density at radius 3 is 2.82 bits per heavy atom. The van der Waals surface area contributed by atoms with Crippen molar-refractivity contribution in [1.29, 1.82) is 0 Å². The molecule has 2 aliphatic rings. The summed E-state index contributed by atoms with van der Waals surface area (Å²) in [5, 5.41) is 7.15. The van der Waals surface area contributed by atoms with E-state index in [0.29, 0.717) is 30.4 Å². The number of amides is 2. The number of pyridine rings is 1. The number of hydrogen-bond donors (Lipinski definition) is 1. The predicted octanol–water partition coefficient (Wildman–Crippen LogP) is 1.37. The van der Waals surface area contributed by atoms with E-state index in [0.717, 1.165) is 37.3 Å². The molecule has 2 aromatic rings. The van der Waals surface area contributed by atoms with Crippen molar-refractivity contribution in [3.05, 3.63) is 35.7 Å². The van der Waals surface area contributed by atoms with Gasteiger partial charge in [-0.2, -0.15) is 5.10 Å². The smallest absolute Gasteiger partial charge is 0.273 e. The van der Waals surface area contributed by atoms with E-state index in [1.165, 1.54) is 0 Å². The van der Waals surface area contributed by atoms with Crippen LogP contribution in [0.15, 0.2) is 24.4 Å². The molecule has 8 nitrogen and oxygen atoms in total. The summed E-state index contributed by atoms with van der Waals surface area (Å²) in [6.07, 6.45) is 3.62.